The van der Waals surface area contributed by atoms with Gasteiger partial charge in [0.2, 0.25) is 0 Å². The fourth-order valence-corrected chi connectivity index (χ4v) is 2.28. The molecule has 0 aliphatic carbocycles. The van der Waals surface area contributed by atoms with E-state index < -0.39 is 21.9 Å². The molecule has 0 aromatic carbocycles. The summed E-state index contributed by atoms with van der Waals surface area (Å²) in [5.41, 5.74) is -0.765. The zero-order valence-corrected chi connectivity index (χ0v) is 13.0. The lowest BCUT2D eigenvalue weighted by Crippen LogP contribution is -2.47. The van der Waals surface area contributed by atoms with E-state index in [9.17, 15) is 13.2 Å². The van der Waals surface area contributed by atoms with Gasteiger partial charge in [-0.1, -0.05) is 0 Å². The zero-order valence-electron chi connectivity index (χ0n) is 12.2. The Bertz CT molecular complexity index is 425. The van der Waals surface area contributed by atoms with Gasteiger partial charge in [-0.3, -0.25) is 0 Å². The molecule has 1 heterocycles. The third-order valence-corrected chi connectivity index (χ3v) is 3.76. The van der Waals surface area contributed by atoms with Crippen LogP contribution in [-0.2, 0) is 24.4 Å². The van der Waals surface area contributed by atoms with E-state index in [1.807, 2.05) is 4.72 Å². The average Bonchev–Trinajstić information content (AvgIpc) is 2.26. The van der Waals surface area contributed by atoms with Gasteiger partial charge in [-0.05, 0) is 20.8 Å². The third kappa shape index (κ3) is 6.04. The Morgan fingerprint density at radius 3 is 2.55 bits per heavy atom. The molecule has 1 aliphatic heterocycles. The number of ether oxygens (including phenoxy) is 3. The van der Waals surface area contributed by atoms with Crippen molar-refractivity contribution in [2.45, 2.75) is 32.5 Å². The van der Waals surface area contributed by atoms with Crippen LogP contribution in [0.25, 0.3) is 0 Å². The van der Waals surface area contributed by atoms with Crippen LogP contribution < -0.4 is 4.72 Å². The molecule has 0 spiro atoms. The first-order valence-electron chi connectivity index (χ1n) is 6.26. The Morgan fingerprint density at radius 1 is 1.40 bits per heavy atom. The molecule has 9 heteroatoms. The number of hydrogen-bond donors (Lipinski definition) is 1. The Balaban J connectivity index is 2.52. The van der Waals surface area contributed by atoms with E-state index >= 15 is 0 Å². The van der Waals surface area contributed by atoms with E-state index in [-0.39, 0.29) is 12.6 Å². The summed E-state index contributed by atoms with van der Waals surface area (Å²) >= 11 is 0. The van der Waals surface area contributed by atoms with Crippen molar-refractivity contribution in [3.8, 4) is 0 Å². The second kappa shape index (κ2) is 6.70. The highest BCUT2D eigenvalue weighted by atomic mass is 32.2. The maximum atomic E-state index is 11.9. The second-order valence-corrected chi connectivity index (χ2v) is 7.23. The molecule has 1 atom stereocenters. The first-order chi connectivity index (χ1) is 9.10. The fraction of sp³-hybridized carbons (Fsp3) is 0.909. The molecule has 0 radical (unpaired) electrons. The molecule has 0 saturated carbocycles. The lowest BCUT2D eigenvalue weighted by Gasteiger charge is -2.27. The number of rotatable bonds is 4. The molecule has 1 fully saturated rings. The molecule has 1 saturated heterocycles. The van der Waals surface area contributed by atoms with E-state index in [1.54, 1.807) is 20.8 Å². The smallest absolute Gasteiger partial charge is 0.422 e. The molecule has 0 bridgehead atoms. The van der Waals surface area contributed by atoms with Gasteiger partial charge in [-0.15, -0.1) is 0 Å². The van der Waals surface area contributed by atoms with Gasteiger partial charge in [0.1, 0.15) is 5.60 Å². The van der Waals surface area contributed by atoms with Crippen LogP contribution in [-0.4, -0.2) is 63.9 Å². The minimum Gasteiger partial charge on any atom is -0.443 e. The highest BCUT2D eigenvalue weighted by molar-refractivity contribution is 7.87. The van der Waals surface area contributed by atoms with E-state index in [0.717, 1.165) is 4.31 Å². The molecule has 1 unspecified atom stereocenters. The van der Waals surface area contributed by atoms with E-state index in [0.29, 0.717) is 19.8 Å². The summed E-state index contributed by atoms with van der Waals surface area (Å²) in [6, 6.07) is 0. The van der Waals surface area contributed by atoms with Crippen LogP contribution in [0.3, 0.4) is 0 Å². The fourth-order valence-electron chi connectivity index (χ4n) is 1.51. The van der Waals surface area contributed by atoms with Gasteiger partial charge in [-0.25, -0.2) is 9.52 Å². The van der Waals surface area contributed by atoms with Crippen LogP contribution in [0.15, 0.2) is 0 Å². The number of hydrogen-bond acceptors (Lipinski definition) is 6. The van der Waals surface area contributed by atoms with Gasteiger partial charge in [0, 0.05) is 13.6 Å². The molecular weight excluding hydrogens is 288 g/mol. The monoisotopic (exact) mass is 310 g/mol. The second-order valence-electron chi connectivity index (χ2n) is 5.46. The van der Waals surface area contributed by atoms with Crippen LogP contribution in [0, 0.1) is 0 Å². The van der Waals surface area contributed by atoms with E-state index in [2.05, 4.69) is 0 Å². The number of nitrogens with one attached hydrogen (secondary N) is 1. The van der Waals surface area contributed by atoms with E-state index in [1.165, 1.54) is 7.05 Å². The number of carbonyl (C=O) groups excluding carboxylic acids is 1. The summed E-state index contributed by atoms with van der Waals surface area (Å²) in [6.45, 7) is 6.30. The van der Waals surface area contributed by atoms with Crippen LogP contribution in [0.5, 0.6) is 0 Å². The minimum atomic E-state index is -3.96. The first kappa shape index (κ1) is 17.2. The van der Waals surface area contributed by atoms with Crippen LogP contribution in [0.2, 0.25) is 0 Å². The van der Waals surface area contributed by atoms with Gasteiger partial charge in [0.15, 0.2) is 0 Å². The summed E-state index contributed by atoms with van der Waals surface area (Å²) in [5.74, 6) is 0. The normalized spacial score (nSPS) is 20.8. The molecule has 0 aromatic heterocycles. The van der Waals surface area contributed by atoms with Gasteiger partial charge in [0.25, 0.3) is 0 Å². The van der Waals surface area contributed by atoms with Crippen molar-refractivity contribution in [1.82, 2.24) is 9.03 Å². The van der Waals surface area contributed by atoms with E-state index in [4.69, 9.17) is 14.2 Å². The molecule has 20 heavy (non-hydrogen) atoms. The lowest BCUT2D eigenvalue weighted by molar-refractivity contribution is -0.0909. The Hall–Kier alpha value is -0.900. The van der Waals surface area contributed by atoms with Crippen molar-refractivity contribution in [3.05, 3.63) is 0 Å². The maximum absolute atomic E-state index is 11.9. The summed E-state index contributed by atoms with van der Waals surface area (Å²) in [7, 11) is -2.61. The standard InChI is InChI=1S/C11H22N2O6S/c1-11(2,3)19-10(14)12-20(15,16)13(4)7-9-8-17-5-6-18-9/h9H,5-8H2,1-4H3,(H,12,14). The number of amides is 1. The van der Waals surface area contributed by atoms with Crippen LogP contribution >= 0.6 is 0 Å². The SMILES string of the molecule is CN(CC1COCCO1)S(=O)(=O)NC(=O)OC(C)(C)C. The number of likely N-dealkylation sites (N-methyl/N-ethyl adjacent to an activating group) is 1. The molecule has 8 nitrogen and oxygen atoms in total. The first-order valence-corrected chi connectivity index (χ1v) is 7.70. The van der Waals surface area contributed by atoms with Crippen molar-refractivity contribution in [3.63, 3.8) is 0 Å². The molecule has 1 N–H and O–H groups in total. The molecule has 1 amide bonds. The molecule has 0 aromatic rings. The number of nitrogens with zero attached hydrogens (tertiary/aromatic N) is 1. The van der Waals surface area contributed by atoms with Crippen molar-refractivity contribution < 1.29 is 27.4 Å². The molecule has 1 aliphatic rings. The van der Waals surface area contributed by atoms with Crippen LogP contribution in [0.4, 0.5) is 4.79 Å². The quantitative estimate of drug-likeness (QED) is 0.791. The highest BCUT2D eigenvalue weighted by Crippen LogP contribution is 2.08. The lowest BCUT2D eigenvalue weighted by atomic mass is 10.2. The summed E-state index contributed by atoms with van der Waals surface area (Å²) in [4.78, 5) is 11.5. The predicted octanol–water partition coefficient (Wildman–Crippen LogP) is 0.103. The third-order valence-electron chi connectivity index (χ3n) is 2.37. The topological polar surface area (TPSA) is 94.2 Å². The zero-order chi connectivity index (χ0) is 15.4. The Morgan fingerprint density at radius 2 is 2.05 bits per heavy atom. The van der Waals surface area contributed by atoms with Crippen LogP contribution in [0.1, 0.15) is 20.8 Å². The summed E-state index contributed by atoms with van der Waals surface area (Å²) in [5, 5.41) is 0. The Labute approximate surface area is 119 Å². The predicted molar refractivity (Wildman–Crippen MR) is 71.5 cm³/mol. The molecule has 118 valence electrons. The minimum absolute atomic E-state index is 0.0954. The summed E-state index contributed by atoms with van der Waals surface area (Å²) in [6.07, 6.45) is -1.35. The van der Waals surface area contributed by atoms with Crippen molar-refractivity contribution in [2.24, 2.45) is 0 Å². The van der Waals surface area contributed by atoms with Crippen molar-refractivity contribution in [2.75, 3.05) is 33.4 Å². The van der Waals surface area contributed by atoms with Gasteiger partial charge in [0.05, 0.1) is 25.9 Å². The highest BCUT2D eigenvalue weighted by Gasteiger charge is 2.27. The summed E-state index contributed by atoms with van der Waals surface area (Å²) < 4.78 is 42.1. The average molecular weight is 310 g/mol. The molecule has 1 rings (SSSR count). The maximum Gasteiger partial charge on any atom is 0.422 e. The number of carbonyl (C=O) groups is 1. The molecular formula is C11H22N2O6S. The van der Waals surface area contributed by atoms with Gasteiger partial charge >= 0.3 is 16.3 Å². The van der Waals surface area contributed by atoms with Crippen molar-refractivity contribution in [1.29, 1.82) is 0 Å². The Kier molecular flexibility index (Phi) is 5.75. The van der Waals surface area contributed by atoms with Crippen molar-refractivity contribution >= 4 is 16.3 Å². The van der Waals surface area contributed by atoms with Gasteiger partial charge < -0.3 is 14.2 Å². The largest absolute Gasteiger partial charge is 0.443 e. The van der Waals surface area contributed by atoms with Gasteiger partial charge in [-0.2, -0.15) is 12.7 Å².